The van der Waals surface area contributed by atoms with Gasteiger partial charge in [-0.05, 0) is 51.8 Å². The molecule has 2 N–H and O–H groups in total. The lowest BCUT2D eigenvalue weighted by Gasteiger charge is -2.25. The third kappa shape index (κ3) is 3.94. The molecule has 0 radical (unpaired) electrons. The second-order valence-corrected chi connectivity index (χ2v) is 5.44. The fourth-order valence-electron chi connectivity index (χ4n) is 2.56. The monoisotopic (exact) mass is 290 g/mol. The Morgan fingerprint density at radius 3 is 2.67 bits per heavy atom. The van der Waals surface area contributed by atoms with E-state index in [1.54, 1.807) is 11.1 Å². The lowest BCUT2D eigenvalue weighted by atomic mass is 10.2. The number of anilines is 1. The van der Waals surface area contributed by atoms with Crippen LogP contribution in [0.1, 0.15) is 43.6 Å². The number of pyridine rings is 1. The molecular weight excluding hydrogens is 264 g/mol. The van der Waals surface area contributed by atoms with E-state index in [-0.39, 0.29) is 5.91 Å². The van der Waals surface area contributed by atoms with E-state index in [2.05, 4.69) is 9.88 Å². The number of carbonyl (C=O) groups excluding carboxylic acids is 1. The van der Waals surface area contributed by atoms with Gasteiger partial charge in [-0.2, -0.15) is 0 Å². The van der Waals surface area contributed by atoms with Crippen LogP contribution >= 0.6 is 0 Å². The zero-order chi connectivity index (χ0) is 15.2. The third-order valence-electron chi connectivity index (χ3n) is 3.94. The van der Waals surface area contributed by atoms with Crippen LogP contribution in [-0.2, 0) is 0 Å². The summed E-state index contributed by atoms with van der Waals surface area (Å²) in [4.78, 5) is 20.8. The maximum atomic E-state index is 12.4. The zero-order valence-electron chi connectivity index (χ0n) is 13.1. The predicted octanol–water partition coefficient (Wildman–Crippen LogP) is 1.88. The van der Waals surface area contributed by atoms with Gasteiger partial charge < -0.3 is 15.5 Å². The number of amides is 1. The number of aromatic nitrogens is 1. The minimum absolute atomic E-state index is 0.0106. The quantitative estimate of drug-likeness (QED) is 0.794. The van der Waals surface area contributed by atoms with E-state index in [0.29, 0.717) is 31.4 Å². The maximum Gasteiger partial charge on any atom is 0.272 e. The SMILES string of the molecule is CCN(CC)C(=O)c1cc(N(CCCN)C2CC2)ccn1. The summed E-state index contributed by atoms with van der Waals surface area (Å²) in [5.41, 5.74) is 7.26. The molecule has 5 heteroatoms. The van der Waals surface area contributed by atoms with Crippen molar-refractivity contribution < 1.29 is 4.79 Å². The summed E-state index contributed by atoms with van der Waals surface area (Å²) in [5, 5.41) is 0. The van der Waals surface area contributed by atoms with Gasteiger partial charge in [0.15, 0.2) is 0 Å². The molecule has 0 atom stereocenters. The summed E-state index contributed by atoms with van der Waals surface area (Å²) in [7, 11) is 0. The minimum atomic E-state index is 0.0106. The normalized spacial score (nSPS) is 14.0. The Bertz CT molecular complexity index is 469. The number of hydrogen-bond donors (Lipinski definition) is 1. The standard InChI is InChI=1S/C16H26N4O/c1-3-19(4-2)16(21)15-12-14(8-10-18-15)20(11-5-9-17)13-6-7-13/h8,10,12-13H,3-7,9,11,17H2,1-2H3. The van der Waals surface area contributed by atoms with E-state index in [4.69, 9.17) is 5.73 Å². The highest BCUT2D eigenvalue weighted by atomic mass is 16.2. The molecule has 1 aliphatic carbocycles. The van der Waals surface area contributed by atoms with Crippen molar-refractivity contribution in [3.05, 3.63) is 24.0 Å². The summed E-state index contributed by atoms with van der Waals surface area (Å²) in [6.45, 7) is 7.04. The van der Waals surface area contributed by atoms with E-state index in [9.17, 15) is 4.79 Å². The Hall–Kier alpha value is -1.62. The molecular formula is C16H26N4O. The molecule has 1 fully saturated rings. The van der Waals surface area contributed by atoms with Gasteiger partial charge >= 0.3 is 0 Å². The van der Waals surface area contributed by atoms with Crippen LogP contribution in [-0.4, -0.2) is 48.0 Å². The lowest BCUT2D eigenvalue weighted by molar-refractivity contribution is 0.0767. The van der Waals surface area contributed by atoms with E-state index < -0.39 is 0 Å². The molecule has 116 valence electrons. The van der Waals surface area contributed by atoms with Crippen LogP contribution in [0.3, 0.4) is 0 Å². The molecule has 0 unspecified atom stereocenters. The molecule has 0 aromatic carbocycles. The van der Waals surface area contributed by atoms with Crippen LogP contribution in [0.15, 0.2) is 18.3 Å². The lowest BCUT2D eigenvalue weighted by Crippen LogP contribution is -2.32. The van der Waals surface area contributed by atoms with Crippen molar-refractivity contribution in [1.29, 1.82) is 0 Å². The molecule has 0 spiro atoms. The van der Waals surface area contributed by atoms with Crippen molar-refractivity contribution in [3.8, 4) is 0 Å². The van der Waals surface area contributed by atoms with E-state index in [1.165, 1.54) is 12.8 Å². The van der Waals surface area contributed by atoms with Crippen molar-refractivity contribution in [1.82, 2.24) is 9.88 Å². The first-order valence-electron chi connectivity index (χ1n) is 7.93. The number of rotatable bonds is 8. The second kappa shape index (κ2) is 7.41. The van der Waals surface area contributed by atoms with Gasteiger partial charge in [0.05, 0.1) is 0 Å². The van der Waals surface area contributed by atoms with Crippen LogP contribution < -0.4 is 10.6 Å². The minimum Gasteiger partial charge on any atom is -0.368 e. The van der Waals surface area contributed by atoms with Gasteiger partial charge in [-0.1, -0.05) is 0 Å². The van der Waals surface area contributed by atoms with E-state index in [1.807, 2.05) is 26.0 Å². The molecule has 0 saturated heterocycles. The molecule has 1 aromatic heterocycles. The molecule has 0 bridgehead atoms. The molecule has 5 nitrogen and oxygen atoms in total. The number of carbonyl (C=O) groups is 1. The van der Waals surface area contributed by atoms with Gasteiger partial charge in [0.25, 0.3) is 5.91 Å². The van der Waals surface area contributed by atoms with E-state index in [0.717, 1.165) is 18.7 Å². The second-order valence-electron chi connectivity index (χ2n) is 5.44. The number of nitrogens with zero attached hydrogens (tertiary/aromatic N) is 3. The fraction of sp³-hybridized carbons (Fsp3) is 0.625. The average Bonchev–Trinajstić information content (AvgIpc) is 3.34. The Morgan fingerprint density at radius 2 is 2.10 bits per heavy atom. The first kappa shape index (κ1) is 15.8. The highest BCUT2D eigenvalue weighted by Gasteiger charge is 2.29. The summed E-state index contributed by atoms with van der Waals surface area (Å²) in [6.07, 6.45) is 5.17. The van der Waals surface area contributed by atoms with Crippen LogP contribution in [0.5, 0.6) is 0 Å². The molecule has 21 heavy (non-hydrogen) atoms. The molecule has 1 aromatic rings. The first-order chi connectivity index (χ1) is 10.2. The van der Waals surface area contributed by atoms with Gasteiger partial charge in [0.1, 0.15) is 5.69 Å². The summed E-state index contributed by atoms with van der Waals surface area (Å²) < 4.78 is 0. The van der Waals surface area contributed by atoms with Crippen molar-refractivity contribution in [2.24, 2.45) is 5.73 Å². The van der Waals surface area contributed by atoms with Crippen molar-refractivity contribution in [3.63, 3.8) is 0 Å². The molecule has 1 saturated carbocycles. The van der Waals surface area contributed by atoms with Crippen molar-refractivity contribution in [2.45, 2.75) is 39.2 Å². The topological polar surface area (TPSA) is 62.5 Å². The van der Waals surface area contributed by atoms with Crippen molar-refractivity contribution >= 4 is 11.6 Å². The molecule has 1 aliphatic rings. The largest absolute Gasteiger partial charge is 0.368 e. The maximum absolute atomic E-state index is 12.4. The molecule has 1 heterocycles. The summed E-state index contributed by atoms with van der Waals surface area (Å²) in [6, 6.07) is 4.53. The van der Waals surface area contributed by atoms with Gasteiger partial charge in [-0.25, -0.2) is 0 Å². The highest BCUT2D eigenvalue weighted by Crippen LogP contribution is 2.31. The zero-order valence-corrected chi connectivity index (χ0v) is 13.1. The Kier molecular flexibility index (Phi) is 5.56. The molecule has 2 rings (SSSR count). The Morgan fingerprint density at radius 1 is 1.38 bits per heavy atom. The first-order valence-corrected chi connectivity index (χ1v) is 7.93. The predicted molar refractivity (Wildman–Crippen MR) is 85.5 cm³/mol. The van der Waals surface area contributed by atoms with Gasteiger partial charge in [-0.15, -0.1) is 0 Å². The Labute approximate surface area is 127 Å². The van der Waals surface area contributed by atoms with Gasteiger partial charge in [0.2, 0.25) is 0 Å². The average molecular weight is 290 g/mol. The van der Waals surface area contributed by atoms with Crippen LogP contribution in [0, 0.1) is 0 Å². The Balaban J connectivity index is 2.17. The highest BCUT2D eigenvalue weighted by molar-refractivity contribution is 5.93. The van der Waals surface area contributed by atoms with Crippen LogP contribution in [0.2, 0.25) is 0 Å². The van der Waals surface area contributed by atoms with Crippen molar-refractivity contribution in [2.75, 3.05) is 31.1 Å². The number of hydrogen-bond acceptors (Lipinski definition) is 4. The molecule has 1 amide bonds. The number of nitrogens with two attached hydrogens (primary N) is 1. The van der Waals surface area contributed by atoms with Gasteiger partial charge in [0, 0.05) is 37.6 Å². The smallest absolute Gasteiger partial charge is 0.272 e. The van der Waals surface area contributed by atoms with Crippen LogP contribution in [0.25, 0.3) is 0 Å². The third-order valence-corrected chi connectivity index (χ3v) is 3.94. The van der Waals surface area contributed by atoms with Crippen LogP contribution in [0.4, 0.5) is 5.69 Å². The molecule has 0 aliphatic heterocycles. The van der Waals surface area contributed by atoms with E-state index >= 15 is 0 Å². The summed E-state index contributed by atoms with van der Waals surface area (Å²) >= 11 is 0. The fourth-order valence-corrected chi connectivity index (χ4v) is 2.56. The summed E-state index contributed by atoms with van der Waals surface area (Å²) in [5.74, 6) is 0.0106. The van der Waals surface area contributed by atoms with Gasteiger partial charge in [-0.3, -0.25) is 9.78 Å².